The summed E-state index contributed by atoms with van der Waals surface area (Å²) in [5, 5.41) is 0. The highest BCUT2D eigenvalue weighted by molar-refractivity contribution is 7.54. The van der Waals surface area contributed by atoms with E-state index in [0.29, 0.717) is 0 Å². The average Bonchev–Trinajstić information content (AvgIpc) is 2.66. The van der Waals surface area contributed by atoms with E-state index in [4.69, 9.17) is 13.8 Å². The van der Waals surface area contributed by atoms with Gasteiger partial charge in [-0.2, -0.15) is 0 Å². The van der Waals surface area contributed by atoms with Crippen molar-refractivity contribution in [2.75, 3.05) is 14.2 Å². The molecule has 0 spiro atoms. The molecule has 1 unspecified atom stereocenters. The van der Waals surface area contributed by atoms with E-state index in [2.05, 4.69) is 0 Å². The minimum absolute atomic E-state index is 0.172. The molecule has 0 aliphatic carbocycles. The number of halogens is 1. The molecule has 1 atom stereocenters. The van der Waals surface area contributed by atoms with Crippen LogP contribution in [0.15, 0.2) is 18.2 Å². The van der Waals surface area contributed by atoms with Crippen LogP contribution in [-0.2, 0) is 18.3 Å². The van der Waals surface area contributed by atoms with Crippen LogP contribution >= 0.6 is 7.60 Å². The van der Waals surface area contributed by atoms with Crippen molar-refractivity contribution in [3.63, 3.8) is 0 Å². The van der Waals surface area contributed by atoms with Crippen molar-refractivity contribution in [1.82, 2.24) is 0 Å². The number of rotatable bonds is 3. The van der Waals surface area contributed by atoms with Crippen LogP contribution in [0.25, 0.3) is 0 Å². The summed E-state index contributed by atoms with van der Waals surface area (Å²) in [4.78, 5) is 11.5. The molecule has 2 rings (SSSR count). The van der Waals surface area contributed by atoms with Gasteiger partial charge in [0.2, 0.25) is 5.85 Å². The molecule has 0 bridgehead atoms. The summed E-state index contributed by atoms with van der Waals surface area (Å²) in [6.07, 6.45) is 0. The normalized spacial score (nSPS) is 19.0. The molecule has 0 radical (unpaired) electrons. The van der Waals surface area contributed by atoms with Gasteiger partial charge < -0.3 is 13.8 Å². The first kappa shape index (κ1) is 12.2. The van der Waals surface area contributed by atoms with Crippen molar-refractivity contribution >= 4 is 13.6 Å². The lowest BCUT2D eigenvalue weighted by Gasteiger charge is -2.19. The zero-order valence-electron chi connectivity index (χ0n) is 9.18. The average molecular weight is 260 g/mol. The maximum absolute atomic E-state index is 13.1. The molecule has 0 N–H and O–H groups in total. The van der Waals surface area contributed by atoms with Crippen LogP contribution in [0.3, 0.4) is 0 Å². The Hall–Kier alpha value is -1.23. The third-order valence-electron chi connectivity index (χ3n) is 2.51. The van der Waals surface area contributed by atoms with Gasteiger partial charge in [0, 0.05) is 19.8 Å². The van der Waals surface area contributed by atoms with Gasteiger partial charge in [0.1, 0.15) is 5.82 Å². The van der Waals surface area contributed by atoms with Crippen LogP contribution in [0.1, 0.15) is 21.8 Å². The van der Waals surface area contributed by atoms with Crippen molar-refractivity contribution in [2.24, 2.45) is 0 Å². The number of carbonyl (C=O) groups excluding carboxylic acids is 1. The Morgan fingerprint density at radius 3 is 2.59 bits per heavy atom. The maximum Gasteiger partial charge on any atom is 0.375 e. The Balaban J connectivity index is 2.53. The van der Waals surface area contributed by atoms with Gasteiger partial charge in [-0.25, -0.2) is 9.18 Å². The third kappa shape index (κ3) is 1.88. The quantitative estimate of drug-likeness (QED) is 0.617. The summed E-state index contributed by atoms with van der Waals surface area (Å²) >= 11 is 0. The van der Waals surface area contributed by atoms with E-state index in [1.807, 2.05) is 0 Å². The molecule has 0 aromatic heterocycles. The van der Waals surface area contributed by atoms with Crippen LogP contribution in [0.4, 0.5) is 4.39 Å². The molecule has 0 fully saturated rings. The van der Waals surface area contributed by atoms with Crippen molar-refractivity contribution in [3.8, 4) is 0 Å². The lowest BCUT2D eigenvalue weighted by molar-refractivity contribution is 0.0456. The fourth-order valence-corrected chi connectivity index (χ4v) is 2.96. The molecule has 17 heavy (non-hydrogen) atoms. The largest absolute Gasteiger partial charge is 0.441 e. The van der Waals surface area contributed by atoms with Gasteiger partial charge in [-0.05, 0) is 18.2 Å². The predicted molar refractivity (Wildman–Crippen MR) is 56.2 cm³/mol. The highest BCUT2D eigenvalue weighted by Crippen LogP contribution is 2.62. The molecule has 1 aromatic rings. The fraction of sp³-hybridized carbons (Fsp3) is 0.300. The van der Waals surface area contributed by atoms with Crippen LogP contribution in [0.2, 0.25) is 0 Å². The minimum atomic E-state index is -3.63. The summed E-state index contributed by atoms with van der Waals surface area (Å²) in [6, 6.07) is 3.51. The standard InChI is InChI=1S/C10H10FO5P/c1-14-17(13,15-2)10-8-5-6(11)3-4-7(8)9(12)16-10/h3-5,10H,1-2H3. The second kappa shape index (κ2) is 4.22. The molecular formula is C10H10FO5P. The van der Waals surface area contributed by atoms with Crippen molar-refractivity contribution < 1.29 is 27.5 Å². The van der Waals surface area contributed by atoms with Crippen LogP contribution in [-0.4, -0.2) is 20.2 Å². The first-order chi connectivity index (χ1) is 8.01. The number of benzene rings is 1. The predicted octanol–water partition coefficient (Wildman–Crippen LogP) is 2.48. The molecule has 7 heteroatoms. The number of carbonyl (C=O) groups is 1. The van der Waals surface area contributed by atoms with Gasteiger partial charge in [0.25, 0.3) is 0 Å². The Bertz CT molecular complexity index is 507. The molecule has 0 saturated heterocycles. The van der Waals surface area contributed by atoms with E-state index in [1.165, 1.54) is 20.3 Å². The fourth-order valence-electron chi connectivity index (χ4n) is 1.65. The summed E-state index contributed by atoms with van der Waals surface area (Å²) in [5.41, 5.74) is 0.354. The smallest absolute Gasteiger partial charge is 0.375 e. The van der Waals surface area contributed by atoms with Gasteiger partial charge in [-0.1, -0.05) is 0 Å². The zero-order valence-corrected chi connectivity index (χ0v) is 10.1. The Kier molecular flexibility index (Phi) is 3.03. The van der Waals surface area contributed by atoms with Gasteiger partial charge in [-0.3, -0.25) is 4.57 Å². The molecule has 0 saturated carbocycles. The Morgan fingerprint density at radius 1 is 1.35 bits per heavy atom. The van der Waals surface area contributed by atoms with Crippen molar-refractivity contribution in [2.45, 2.75) is 5.85 Å². The van der Waals surface area contributed by atoms with Crippen LogP contribution in [0, 0.1) is 5.82 Å². The highest BCUT2D eigenvalue weighted by Gasteiger charge is 2.45. The number of fused-ring (bicyclic) bond motifs is 1. The van der Waals surface area contributed by atoms with E-state index in [-0.39, 0.29) is 11.1 Å². The number of hydrogen-bond acceptors (Lipinski definition) is 5. The lowest BCUT2D eigenvalue weighted by Crippen LogP contribution is -2.03. The van der Waals surface area contributed by atoms with E-state index < -0.39 is 25.2 Å². The number of cyclic esters (lactones) is 1. The third-order valence-corrected chi connectivity index (χ3v) is 4.49. The Labute approximate surface area is 97.0 Å². The van der Waals surface area contributed by atoms with E-state index in [1.54, 1.807) is 0 Å². The maximum atomic E-state index is 13.1. The molecule has 0 amide bonds. The van der Waals surface area contributed by atoms with Gasteiger partial charge in [0.15, 0.2) is 0 Å². The molecule has 92 valence electrons. The number of esters is 1. The molecule has 1 aliphatic rings. The van der Waals surface area contributed by atoms with Gasteiger partial charge in [-0.15, -0.1) is 0 Å². The topological polar surface area (TPSA) is 61.8 Å². The van der Waals surface area contributed by atoms with Crippen molar-refractivity contribution in [1.29, 1.82) is 0 Å². The first-order valence-corrected chi connectivity index (χ1v) is 6.34. The minimum Gasteiger partial charge on any atom is -0.441 e. The van der Waals surface area contributed by atoms with Crippen molar-refractivity contribution in [3.05, 3.63) is 35.1 Å². The summed E-state index contributed by atoms with van der Waals surface area (Å²) in [5.74, 6) is -2.43. The monoisotopic (exact) mass is 260 g/mol. The number of hydrogen-bond donors (Lipinski definition) is 0. The Morgan fingerprint density at radius 2 is 2.00 bits per heavy atom. The number of ether oxygens (including phenoxy) is 1. The zero-order chi connectivity index (χ0) is 12.6. The van der Waals surface area contributed by atoms with Crippen LogP contribution < -0.4 is 0 Å². The van der Waals surface area contributed by atoms with E-state index in [9.17, 15) is 13.8 Å². The second-order valence-corrected chi connectivity index (χ2v) is 5.67. The lowest BCUT2D eigenvalue weighted by atomic mass is 10.1. The summed E-state index contributed by atoms with van der Waals surface area (Å²) in [7, 11) is -1.28. The van der Waals surface area contributed by atoms with E-state index >= 15 is 0 Å². The van der Waals surface area contributed by atoms with Gasteiger partial charge >= 0.3 is 13.6 Å². The molecule has 1 heterocycles. The first-order valence-electron chi connectivity index (χ1n) is 4.73. The summed E-state index contributed by atoms with van der Waals surface area (Å²) < 4.78 is 39.7. The highest BCUT2D eigenvalue weighted by atomic mass is 31.2. The van der Waals surface area contributed by atoms with Crippen LogP contribution in [0.5, 0.6) is 0 Å². The second-order valence-electron chi connectivity index (χ2n) is 3.39. The molecule has 5 nitrogen and oxygen atoms in total. The summed E-state index contributed by atoms with van der Waals surface area (Å²) in [6.45, 7) is 0. The molecular weight excluding hydrogens is 250 g/mol. The van der Waals surface area contributed by atoms with Gasteiger partial charge in [0.05, 0.1) is 5.56 Å². The molecule has 1 aliphatic heterocycles. The van der Waals surface area contributed by atoms with E-state index in [0.717, 1.165) is 12.1 Å². The SMILES string of the molecule is COP(=O)(OC)C1OC(=O)c2ccc(F)cc21. The molecule has 1 aromatic carbocycles.